The monoisotopic (exact) mass is 423 g/mol. The second kappa shape index (κ2) is 5.33. The molecule has 4 heterocycles. The van der Waals surface area contributed by atoms with Crippen molar-refractivity contribution in [2.24, 2.45) is 0 Å². The summed E-state index contributed by atoms with van der Waals surface area (Å²) in [6, 6.07) is 0. The predicted molar refractivity (Wildman–Crippen MR) is 80.8 cm³/mol. The molecular formula is C10H11BrN5O7P. The number of nitrogens with two attached hydrogens (primary N) is 1. The molecule has 5 N–H and O–H groups in total. The van der Waals surface area contributed by atoms with Crippen molar-refractivity contribution in [2.75, 3.05) is 12.3 Å². The number of nitrogens with one attached hydrogen (secondary N) is 1. The zero-order valence-electron chi connectivity index (χ0n) is 11.7. The van der Waals surface area contributed by atoms with E-state index < -0.39 is 37.9 Å². The minimum Gasteiger partial charge on any atom is -0.386 e. The van der Waals surface area contributed by atoms with E-state index in [1.54, 1.807) is 0 Å². The average molecular weight is 424 g/mol. The molecular weight excluding hydrogens is 413 g/mol. The van der Waals surface area contributed by atoms with Crippen LogP contribution in [0.15, 0.2) is 9.53 Å². The highest BCUT2D eigenvalue weighted by Gasteiger charge is 2.53. The number of aromatic nitrogens is 4. The number of ether oxygens (including phenoxy) is 1. The quantitative estimate of drug-likeness (QED) is 0.336. The number of hydrogen-bond acceptors (Lipinski definition) is 9. The molecule has 2 aromatic rings. The molecule has 0 spiro atoms. The van der Waals surface area contributed by atoms with Gasteiger partial charge in [0.05, 0.1) is 6.61 Å². The number of imidazole rings is 1. The van der Waals surface area contributed by atoms with E-state index in [0.717, 1.165) is 0 Å². The van der Waals surface area contributed by atoms with Crippen molar-refractivity contribution in [2.45, 2.75) is 24.5 Å². The lowest BCUT2D eigenvalue weighted by atomic mass is 10.1. The van der Waals surface area contributed by atoms with Gasteiger partial charge < -0.3 is 20.5 Å². The highest BCUT2D eigenvalue weighted by Crippen LogP contribution is 2.52. The van der Waals surface area contributed by atoms with E-state index in [4.69, 9.17) is 15.0 Å². The third-order valence-electron chi connectivity index (χ3n) is 3.75. The maximum atomic E-state index is 11.9. The Labute approximate surface area is 141 Å². The summed E-state index contributed by atoms with van der Waals surface area (Å²) in [5.74, 6) is -0.134. The van der Waals surface area contributed by atoms with Crippen LogP contribution in [0.5, 0.6) is 0 Å². The first-order chi connectivity index (χ1) is 11.3. The summed E-state index contributed by atoms with van der Waals surface area (Å²) in [6.45, 7) is -0.230. The van der Waals surface area contributed by atoms with E-state index in [9.17, 15) is 19.4 Å². The van der Waals surface area contributed by atoms with Gasteiger partial charge >= 0.3 is 7.82 Å². The van der Waals surface area contributed by atoms with Crippen LogP contribution in [0.2, 0.25) is 0 Å². The van der Waals surface area contributed by atoms with Crippen LogP contribution in [0.3, 0.4) is 0 Å². The van der Waals surface area contributed by atoms with Crippen molar-refractivity contribution in [3.8, 4) is 0 Å². The first-order valence-electron chi connectivity index (χ1n) is 6.69. The van der Waals surface area contributed by atoms with E-state index >= 15 is 0 Å². The van der Waals surface area contributed by atoms with E-state index in [-0.39, 0.29) is 28.5 Å². The van der Waals surface area contributed by atoms with Crippen LogP contribution in [0.25, 0.3) is 11.2 Å². The minimum atomic E-state index is -4.24. The molecule has 4 rings (SSSR count). The fourth-order valence-corrected chi connectivity index (χ4v) is 4.26. The van der Waals surface area contributed by atoms with Gasteiger partial charge in [0.1, 0.15) is 18.3 Å². The fraction of sp³-hybridized carbons (Fsp3) is 0.500. The topological polar surface area (TPSA) is 175 Å². The molecule has 2 fully saturated rings. The van der Waals surface area contributed by atoms with E-state index in [2.05, 4.69) is 35.4 Å². The number of aliphatic hydroxyl groups excluding tert-OH is 1. The van der Waals surface area contributed by atoms with Crippen LogP contribution < -0.4 is 11.3 Å². The van der Waals surface area contributed by atoms with Crippen molar-refractivity contribution in [3.05, 3.63) is 15.1 Å². The number of phosphoric ester groups is 1. The maximum absolute atomic E-state index is 11.9. The Hall–Kier alpha value is -1.34. The van der Waals surface area contributed by atoms with Crippen LogP contribution in [-0.2, 0) is 18.3 Å². The number of phosphoric acid groups is 1. The third-order valence-corrected chi connectivity index (χ3v) is 5.29. The van der Waals surface area contributed by atoms with Crippen molar-refractivity contribution in [3.63, 3.8) is 0 Å². The largest absolute Gasteiger partial charge is 0.472 e. The maximum Gasteiger partial charge on any atom is 0.472 e. The number of aliphatic hydroxyl groups is 1. The molecule has 130 valence electrons. The summed E-state index contributed by atoms with van der Waals surface area (Å²) in [4.78, 5) is 31.7. The third kappa shape index (κ3) is 2.40. The fourth-order valence-electron chi connectivity index (χ4n) is 2.75. The number of anilines is 1. The molecule has 2 aliphatic heterocycles. The molecule has 2 saturated heterocycles. The van der Waals surface area contributed by atoms with Gasteiger partial charge in [-0.3, -0.25) is 23.4 Å². The van der Waals surface area contributed by atoms with E-state index in [1.165, 1.54) is 4.57 Å². The summed E-state index contributed by atoms with van der Waals surface area (Å²) in [5.41, 5.74) is 5.07. The summed E-state index contributed by atoms with van der Waals surface area (Å²) >= 11 is 3.18. The van der Waals surface area contributed by atoms with Crippen LogP contribution in [-0.4, -0.2) is 54.4 Å². The Morgan fingerprint density at radius 3 is 2.96 bits per heavy atom. The summed E-state index contributed by atoms with van der Waals surface area (Å²) in [5, 5.41) is 10.5. The molecule has 2 aromatic heterocycles. The number of hydrogen-bond donors (Lipinski definition) is 4. The number of rotatable bonds is 1. The Morgan fingerprint density at radius 2 is 2.21 bits per heavy atom. The summed E-state index contributed by atoms with van der Waals surface area (Å²) in [7, 11) is -4.24. The zero-order valence-corrected chi connectivity index (χ0v) is 14.2. The molecule has 12 nitrogen and oxygen atoms in total. The van der Waals surface area contributed by atoms with Gasteiger partial charge in [-0.15, -0.1) is 0 Å². The van der Waals surface area contributed by atoms with Crippen LogP contribution in [0.1, 0.15) is 6.23 Å². The van der Waals surface area contributed by atoms with Gasteiger partial charge in [-0.2, -0.15) is 4.98 Å². The molecule has 5 atom stereocenters. The van der Waals surface area contributed by atoms with Crippen LogP contribution >= 0.6 is 23.8 Å². The highest BCUT2D eigenvalue weighted by molar-refractivity contribution is 9.10. The predicted octanol–water partition coefficient (Wildman–Crippen LogP) is -0.762. The van der Waals surface area contributed by atoms with Gasteiger partial charge in [0.25, 0.3) is 5.56 Å². The molecule has 14 heteroatoms. The van der Waals surface area contributed by atoms with E-state index in [1.807, 2.05) is 0 Å². The lowest BCUT2D eigenvalue weighted by molar-refractivity contribution is -0.0669. The normalized spacial score (nSPS) is 36.1. The lowest BCUT2D eigenvalue weighted by Gasteiger charge is -2.27. The number of halogens is 1. The van der Waals surface area contributed by atoms with E-state index in [0.29, 0.717) is 0 Å². The van der Waals surface area contributed by atoms with Gasteiger partial charge in [0.15, 0.2) is 22.1 Å². The molecule has 0 saturated carbocycles. The molecule has 0 aliphatic carbocycles. The van der Waals surface area contributed by atoms with Crippen LogP contribution in [0, 0.1) is 0 Å². The number of fused-ring (bicyclic) bond motifs is 2. The lowest BCUT2D eigenvalue weighted by Crippen LogP contribution is -2.39. The molecule has 24 heavy (non-hydrogen) atoms. The number of aromatic amines is 1. The summed E-state index contributed by atoms with van der Waals surface area (Å²) in [6.07, 6.45) is -4.25. The molecule has 0 bridgehead atoms. The minimum absolute atomic E-state index is 0.00764. The Bertz CT molecular complexity index is 930. The molecule has 2 unspecified atom stereocenters. The zero-order chi connectivity index (χ0) is 17.2. The van der Waals surface area contributed by atoms with Crippen molar-refractivity contribution >= 4 is 40.9 Å². The number of nitrogens with zero attached hydrogens (tertiary/aromatic N) is 3. The molecule has 0 aromatic carbocycles. The average Bonchev–Trinajstić information content (AvgIpc) is 2.96. The molecule has 0 amide bonds. The van der Waals surface area contributed by atoms with Gasteiger partial charge in [0.2, 0.25) is 5.95 Å². The Kier molecular flexibility index (Phi) is 3.58. The second-order valence-corrected chi connectivity index (χ2v) is 7.38. The molecule has 2 aliphatic rings. The van der Waals surface area contributed by atoms with Gasteiger partial charge in [-0.1, -0.05) is 0 Å². The van der Waals surface area contributed by atoms with Gasteiger partial charge in [-0.05, 0) is 15.9 Å². The van der Waals surface area contributed by atoms with Crippen molar-refractivity contribution in [1.29, 1.82) is 0 Å². The number of nitrogen functional groups attached to an aromatic ring is 1. The molecule has 0 radical (unpaired) electrons. The first-order valence-corrected chi connectivity index (χ1v) is 8.98. The highest BCUT2D eigenvalue weighted by atomic mass is 79.9. The smallest absolute Gasteiger partial charge is 0.386 e. The summed E-state index contributed by atoms with van der Waals surface area (Å²) < 4.78 is 28.2. The Balaban J connectivity index is 1.80. The second-order valence-electron chi connectivity index (χ2n) is 5.26. The SMILES string of the molecule is Nc1nc2c(nc(Br)n2[C@@H]2OC3COP(=O)(O)O[C@H]3[C@H]2O)c(=O)[nH]1. The van der Waals surface area contributed by atoms with Gasteiger partial charge in [0, 0.05) is 0 Å². The number of H-pyrrole nitrogens is 1. The van der Waals surface area contributed by atoms with Gasteiger partial charge in [-0.25, -0.2) is 9.55 Å². The van der Waals surface area contributed by atoms with Crippen molar-refractivity contribution < 1.29 is 28.3 Å². The Morgan fingerprint density at radius 1 is 1.46 bits per heavy atom. The first kappa shape index (κ1) is 16.1. The van der Waals surface area contributed by atoms with Crippen LogP contribution in [0.4, 0.5) is 5.95 Å². The van der Waals surface area contributed by atoms with Crippen molar-refractivity contribution in [1.82, 2.24) is 19.5 Å². The standard InChI is InChI=1S/C10H11BrN5O7P/c11-9-13-3-6(14-10(12)15-7(3)18)16(9)8-4(17)5-2(22-8)1-21-24(19,20)23-5/h2,4-5,8,17H,1H2,(H,19,20)(H3,12,14,15,18)/t2?,4-,5-,8-/m1/s1.